The van der Waals surface area contributed by atoms with Crippen molar-refractivity contribution in [1.82, 2.24) is 16.0 Å². The summed E-state index contributed by atoms with van der Waals surface area (Å²) >= 11 is 2.23. The Morgan fingerprint density at radius 2 is 1.64 bits per heavy atom. The average molecular weight is 564 g/mol. The Bertz CT molecular complexity index is 1470. The summed E-state index contributed by atoms with van der Waals surface area (Å²) in [6.07, 6.45) is 0. The van der Waals surface area contributed by atoms with Crippen molar-refractivity contribution in [3.05, 3.63) is 98.4 Å². The van der Waals surface area contributed by atoms with E-state index in [0.717, 1.165) is 11.3 Å². The van der Waals surface area contributed by atoms with Crippen LogP contribution in [0.5, 0.6) is 5.75 Å². The van der Waals surface area contributed by atoms with Gasteiger partial charge in [0.05, 0.1) is 16.9 Å². The van der Waals surface area contributed by atoms with Crippen LogP contribution in [0, 0.1) is 0 Å². The number of methoxy groups -OCH3 is 1. The molecule has 4 N–H and O–H groups in total. The van der Waals surface area contributed by atoms with Gasteiger partial charge in [0.2, 0.25) is 0 Å². The number of carbonyl (C=O) groups excluding carboxylic acids is 4. The van der Waals surface area contributed by atoms with Gasteiger partial charge in [0, 0.05) is 18.7 Å². The molecule has 0 aliphatic carbocycles. The minimum Gasteiger partial charge on any atom is -0.508 e. The van der Waals surface area contributed by atoms with E-state index in [1.807, 2.05) is 30.3 Å². The van der Waals surface area contributed by atoms with E-state index in [0.29, 0.717) is 26.4 Å². The predicted molar refractivity (Wildman–Crippen MR) is 149 cm³/mol. The molecule has 0 aliphatic rings. The van der Waals surface area contributed by atoms with Gasteiger partial charge in [0.25, 0.3) is 17.7 Å². The first kappa shape index (κ1) is 27.6. The highest BCUT2D eigenvalue weighted by Crippen LogP contribution is 2.32. The van der Waals surface area contributed by atoms with E-state index in [9.17, 15) is 24.3 Å². The fourth-order valence-electron chi connectivity index (χ4n) is 3.69. The van der Waals surface area contributed by atoms with Crippen molar-refractivity contribution < 1.29 is 29.0 Å². The van der Waals surface area contributed by atoms with Crippen LogP contribution in [0.4, 0.5) is 0 Å². The van der Waals surface area contributed by atoms with Crippen LogP contribution in [-0.2, 0) is 16.1 Å². The summed E-state index contributed by atoms with van der Waals surface area (Å²) in [5.74, 6) is -1.99. The van der Waals surface area contributed by atoms with E-state index in [1.54, 1.807) is 41.8 Å². The zero-order chi connectivity index (χ0) is 27.8. The lowest BCUT2D eigenvalue weighted by atomic mass is 10.1. The predicted octanol–water partition coefficient (Wildman–Crippen LogP) is 3.81. The molecule has 200 valence electrons. The lowest BCUT2D eigenvalue weighted by Crippen LogP contribution is -2.48. The fraction of sp³-hybridized carbons (Fsp3) is 0.143. The number of amides is 3. The number of phenolic OH excluding ortho intramolecular Hbond substituents is 1. The molecular weight excluding hydrogens is 538 g/mol. The monoisotopic (exact) mass is 563 g/mol. The second-order valence-corrected chi connectivity index (χ2v) is 10.3. The Morgan fingerprint density at radius 1 is 0.872 bits per heavy atom. The highest BCUT2D eigenvalue weighted by Gasteiger charge is 2.27. The molecule has 11 heteroatoms. The minimum atomic E-state index is -1.15. The third-order valence-electron chi connectivity index (χ3n) is 5.61. The maximum absolute atomic E-state index is 13.4. The first-order valence-electron chi connectivity index (χ1n) is 11.8. The van der Waals surface area contributed by atoms with Gasteiger partial charge < -0.3 is 25.8 Å². The van der Waals surface area contributed by atoms with Gasteiger partial charge in [0.15, 0.2) is 0 Å². The quantitative estimate of drug-likeness (QED) is 0.217. The standard InChI is InChI=1S/C28H25N3O6S2/c1-37-28(36)21(16-30-25(33)22-11-6-12-38-22)31-27(35)24-20(18-8-3-2-4-9-18)14-23(39-24)26(34)29-15-17-7-5-10-19(32)13-17/h2-14,21,32H,15-16H2,1H3,(H,29,34)(H,30,33)(H,31,35). The van der Waals surface area contributed by atoms with Crippen LogP contribution in [-0.4, -0.2) is 48.5 Å². The Morgan fingerprint density at radius 3 is 2.33 bits per heavy atom. The summed E-state index contributed by atoms with van der Waals surface area (Å²) in [6.45, 7) is 0.000142. The third kappa shape index (κ3) is 7.09. The SMILES string of the molecule is COC(=O)C(CNC(=O)c1cccs1)NC(=O)c1sc(C(=O)NCc2cccc(O)c2)cc1-c1ccccc1. The van der Waals surface area contributed by atoms with Crippen LogP contribution in [0.1, 0.15) is 34.6 Å². The van der Waals surface area contributed by atoms with Gasteiger partial charge in [-0.1, -0.05) is 48.5 Å². The molecule has 0 bridgehead atoms. The normalized spacial score (nSPS) is 11.3. The molecule has 2 aromatic heterocycles. The van der Waals surface area contributed by atoms with Crippen molar-refractivity contribution in [2.45, 2.75) is 12.6 Å². The van der Waals surface area contributed by atoms with Crippen LogP contribution in [0.2, 0.25) is 0 Å². The van der Waals surface area contributed by atoms with Crippen LogP contribution < -0.4 is 16.0 Å². The zero-order valence-electron chi connectivity index (χ0n) is 20.8. The number of esters is 1. The van der Waals surface area contributed by atoms with E-state index >= 15 is 0 Å². The lowest BCUT2D eigenvalue weighted by molar-refractivity contribution is -0.142. The highest BCUT2D eigenvalue weighted by molar-refractivity contribution is 7.16. The first-order chi connectivity index (χ1) is 18.9. The van der Waals surface area contributed by atoms with Crippen molar-refractivity contribution in [3.63, 3.8) is 0 Å². The molecule has 0 spiro atoms. The number of ether oxygens (including phenoxy) is 1. The van der Waals surface area contributed by atoms with E-state index in [4.69, 9.17) is 4.74 Å². The summed E-state index contributed by atoms with van der Waals surface area (Å²) in [6, 6.07) is 19.5. The smallest absolute Gasteiger partial charge is 0.330 e. The summed E-state index contributed by atoms with van der Waals surface area (Å²) in [7, 11) is 1.19. The largest absolute Gasteiger partial charge is 0.508 e. The fourth-order valence-corrected chi connectivity index (χ4v) is 5.33. The van der Waals surface area contributed by atoms with Crippen LogP contribution in [0.3, 0.4) is 0 Å². The molecule has 3 amide bonds. The molecule has 1 atom stereocenters. The van der Waals surface area contributed by atoms with Gasteiger partial charge in [-0.3, -0.25) is 14.4 Å². The van der Waals surface area contributed by atoms with Crippen molar-refractivity contribution >= 4 is 46.4 Å². The number of phenols is 1. The van der Waals surface area contributed by atoms with Crippen molar-refractivity contribution in [1.29, 1.82) is 0 Å². The number of hydrogen-bond donors (Lipinski definition) is 4. The van der Waals surface area contributed by atoms with Crippen molar-refractivity contribution in [2.75, 3.05) is 13.7 Å². The number of benzene rings is 2. The topological polar surface area (TPSA) is 134 Å². The molecule has 0 fully saturated rings. The highest BCUT2D eigenvalue weighted by atomic mass is 32.1. The molecule has 0 radical (unpaired) electrons. The summed E-state index contributed by atoms with van der Waals surface area (Å²) < 4.78 is 4.83. The molecule has 0 saturated heterocycles. The Labute approximate surface area is 232 Å². The van der Waals surface area contributed by atoms with Gasteiger partial charge in [-0.05, 0) is 40.8 Å². The van der Waals surface area contributed by atoms with Gasteiger partial charge in [-0.15, -0.1) is 22.7 Å². The number of carbonyl (C=O) groups is 4. The van der Waals surface area contributed by atoms with Gasteiger partial charge >= 0.3 is 5.97 Å². The maximum atomic E-state index is 13.4. The zero-order valence-corrected chi connectivity index (χ0v) is 22.4. The Hall–Kier alpha value is -4.48. The van der Waals surface area contributed by atoms with Crippen molar-refractivity contribution in [3.8, 4) is 16.9 Å². The number of nitrogens with one attached hydrogen (secondary N) is 3. The lowest BCUT2D eigenvalue weighted by Gasteiger charge is -2.17. The Balaban J connectivity index is 1.54. The van der Waals surface area contributed by atoms with E-state index in [-0.39, 0.29) is 29.6 Å². The molecule has 39 heavy (non-hydrogen) atoms. The first-order valence-corrected chi connectivity index (χ1v) is 13.5. The molecular formula is C28H25N3O6S2. The molecule has 0 aliphatic heterocycles. The summed E-state index contributed by atoms with van der Waals surface area (Å²) in [5, 5.41) is 19.5. The molecule has 2 heterocycles. The molecule has 2 aromatic carbocycles. The van der Waals surface area contributed by atoms with E-state index < -0.39 is 23.8 Å². The van der Waals surface area contributed by atoms with Gasteiger partial charge in [0.1, 0.15) is 16.7 Å². The number of thiophene rings is 2. The second kappa shape index (κ2) is 12.9. The molecule has 0 saturated carbocycles. The molecule has 9 nitrogen and oxygen atoms in total. The summed E-state index contributed by atoms with van der Waals surface area (Å²) in [5.41, 5.74) is 1.95. The number of hydrogen-bond acceptors (Lipinski definition) is 8. The molecule has 4 rings (SSSR count). The number of rotatable bonds is 10. The number of aromatic hydroxyl groups is 1. The molecule has 1 unspecified atom stereocenters. The van der Waals surface area contributed by atoms with Crippen LogP contribution in [0.15, 0.2) is 78.2 Å². The van der Waals surface area contributed by atoms with Gasteiger partial charge in [-0.25, -0.2) is 4.79 Å². The Kier molecular flexibility index (Phi) is 9.08. The minimum absolute atomic E-state index is 0.0925. The third-order valence-corrected chi connectivity index (χ3v) is 7.61. The molecule has 4 aromatic rings. The average Bonchev–Trinajstić information content (AvgIpc) is 3.65. The maximum Gasteiger partial charge on any atom is 0.330 e. The van der Waals surface area contributed by atoms with Crippen LogP contribution in [0.25, 0.3) is 11.1 Å². The second-order valence-electron chi connectivity index (χ2n) is 8.31. The van der Waals surface area contributed by atoms with Gasteiger partial charge in [-0.2, -0.15) is 0 Å². The van der Waals surface area contributed by atoms with E-state index in [2.05, 4.69) is 16.0 Å². The van der Waals surface area contributed by atoms with Crippen LogP contribution >= 0.6 is 22.7 Å². The van der Waals surface area contributed by atoms with E-state index in [1.165, 1.54) is 24.5 Å². The summed E-state index contributed by atoms with van der Waals surface area (Å²) in [4.78, 5) is 52.2. The van der Waals surface area contributed by atoms with Crippen molar-refractivity contribution in [2.24, 2.45) is 0 Å².